The van der Waals surface area contributed by atoms with Gasteiger partial charge in [-0.2, -0.15) is 4.57 Å². The largest absolute Gasteiger partial charge is 0.481 e. The number of aryl methyl sites for hydroxylation is 2. The van der Waals surface area contributed by atoms with Crippen LogP contribution in [0.1, 0.15) is 62.9 Å². The number of aromatic nitrogens is 2. The molecule has 4 nitrogen and oxygen atoms in total. The second kappa shape index (κ2) is 9.91. The van der Waals surface area contributed by atoms with Gasteiger partial charge in [0, 0.05) is 19.8 Å². The van der Waals surface area contributed by atoms with Gasteiger partial charge in [-0.3, -0.25) is 4.79 Å². The summed E-state index contributed by atoms with van der Waals surface area (Å²) in [5, 5.41) is 8.60. The maximum Gasteiger partial charge on any atom is 0.303 e. The zero-order chi connectivity index (χ0) is 17.2. The fraction of sp³-hybridized carbons (Fsp3) is 0.500. The average Bonchev–Trinajstić information content (AvgIpc) is 2.94. The van der Waals surface area contributed by atoms with Crippen molar-refractivity contribution in [1.29, 1.82) is 0 Å². The molecule has 2 rings (SSSR count). The van der Waals surface area contributed by atoms with Gasteiger partial charge in [0.1, 0.15) is 17.6 Å². The lowest BCUT2D eigenvalue weighted by Crippen LogP contribution is -2.36. The maximum atomic E-state index is 10.4. The Hall–Kier alpha value is -2.10. The highest BCUT2D eigenvalue weighted by Gasteiger charge is 2.15. The van der Waals surface area contributed by atoms with E-state index in [1.54, 1.807) is 0 Å². The SMILES string of the molecule is Cc1[nH]cc(CCCCCCCCCC(=O)O)[n+]1-c1ccccc1. The number of imidazole rings is 1. The molecule has 1 heterocycles. The summed E-state index contributed by atoms with van der Waals surface area (Å²) in [4.78, 5) is 13.8. The molecule has 1 aromatic carbocycles. The van der Waals surface area contributed by atoms with Gasteiger partial charge in [0.15, 0.2) is 0 Å². The second-order valence-electron chi connectivity index (χ2n) is 6.40. The number of carboxylic acids is 1. The molecule has 0 spiro atoms. The summed E-state index contributed by atoms with van der Waals surface area (Å²) in [6.07, 6.45) is 11.4. The van der Waals surface area contributed by atoms with Crippen LogP contribution in [0.15, 0.2) is 36.5 Å². The molecule has 130 valence electrons. The van der Waals surface area contributed by atoms with E-state index in [1.165, 1.54) is 37.1 Å². The second-order valence-corrected chi connectivity index (χ2v) is 6.40. The first-order chi connectivity index (χ1) is 11.7. The Balaban J connectivity index is 1.68. The van der Waals surface area contributed by atoms with Gasteiger partial charge in [-0.15, -0.1) is 0 Å². The molecular formula is C20H29N2O2+. The molecule has 0 saturated heterocycles. The minimum absolute atomic E-state index is 0.312. The highest BCUT2D eigenvalue weighted by atomic mass is 16.4. The van der Waals surface area contributed by atoms with Crippen LogP contribution in [0.3, 0.4) is 0 Å². The van der Waals surface area contributed by atoms with Crippen molar-refractivity contribution in [2.24, 2.45) is 0 Å². The van der Waals surface area contributed by atoms with Crippen LogP contribution in [0, 0.1) is 6.92 Å². The Morgan fingerprint density at radius 2 is 1.62 bits per heavy atom. The summed E-state index contributed by atoms with van der Waals surface area (Å²) in [6, 6.07) is 10.5. The first kappa shape index (κ1) is 18.2. The highest BCUT2D eigenvalue weighted by Crippen LogP contribution is 2.11. The smallest absolute Gasteiger partial charge is 0.303 e. The van der Waals surface area contributed by atoms with E-state index in [4.69, 9.17) is 5.11 Å². The number of hydrogen-bond donors (Lipinski definition) is 2. The van der Waals surface area contributed by atoms with Gasteiger partial charge in [-0.05, 0) is 25.0 Å². The predicted molar refractivity (Wildman–Crippen MR) is 95.3 cm³/mol. The van der Waals surface area contributed by atoms with Crippen molar-refractivity contribution in [2.45, 2.75) is 64.7 Å². The number of para-hydroxylation sites is 1. The Bertz CT molecular complexity index is 620. The summed E-state index contributed by atoms with van der Waals surface area (Å²) < 4.78 is 2.30. The van der Waals surface area contributed by atoms with Crippen LogP contribution in [-0.4, -0.2) is 16.1 Å². The summed E-state index contributed by atoms with van der Waals surface area (Å²) in [5.74, 6) is 0.484. The van der Waals surface area contributed by atoms with Gasteiger partial charge in [0.2, 0.25) is 0 Å². The van der Waals surface area contributed by atoms with E-state index in [1.807, 2.05) is 6.07 Å². The van der Waals surface area contributed by atoms with E-state index in [-0.39, 0.29) is 0 Å². The minimum Gasteiger partial charge on any atom is -0.481 e. The Morgan fingerprint density at radius 3 is 2.29 bits per heavy atom. The van der Waals surface area contributed by atoms with Crippen LogP contribution in [0.25, 0.3) is 5.69 Å². The van der Waals surface area contributed by atoms with Gasteiger partial charge in [-0.25, -0.2) is 4.98 Å². The van der Waals surface area contributed by atoms with E-state index in [0.717, 1.165) is 31.5 Å². The molecule has 24 heavy (non-hydrogen) atoms. The number of carbonyl (C=O) groups is 1. The third-order valence-corrected chi connectivity index (χ3v) is 4.41. The average molecular weight is 329 g/mol. The van der Waals surface area contributed by atoms with Crippen molar-refractivity contribution < 1.29 is 14.5 Å². The van der Waals surface area contributed by atoms with Gasteiger partial charge >= 0.3 is 5.97 Å². The van der Waals surface area contributed by atoms with Gasteiger partial charge in [-0.1, -0.05) is 50.3 Å². The van der Waals surface area contributed by atoms with Crippen LogP contribution in [-0.2, 0) is 11.2 Å². The first-order valence-electron chi connectivity index (χ1n) is 9.04. The van der Waals surface area contributed by atoms with Gasteiger partial charge in [0.25, 0.3) is 5.82 Å². The number of rotatable bonds is 11. The van der Waals surface area contributed by atoms with Crippen LogP contribution >= 0.6 is 0 Å². The molecule has 2 aromatic rings. The minimum atomic E-state index is -0.677. The number of H-pyrrole nitrogens is 1. The van der Waals surface area contributed by atoms with Crippen molar-refractivity contribution >= 4 is 5.97 Å². The Labute approximate surface area is 144 Å². The molecule has 0 saturated carbocycles. The summed E-state index contributed by atoms with van der Waals surface area (Å²) in [6.45, 7) is 2.10. The van der Waals surface area contributed by atoms with E-state index < -0.39 is 5.97 Å². The Morgan fingerprint density at radius 1 is 1.00 bits per heavy atom. The normalized spacial score (nSPS) is 10.9. The quantitative estimate of drug-likeness (QED) is 0.476. The van der Waals surface area contributed by atoms with Gasteiger partial charge < -0.3 is 5.11 Å². The number of aliphatic carboxylic acids is 1. The fourth-order valence-corrected chi connectivity index (χ4v) is 3.12. The number of aromatic amines is 1. The van der Waals surface area contributed by atoms with E-state index in [9.17, 15) is 4.79 Å². The van der Waals surface area contributed by atoms with Crippen molar-refractivity contribution in [3.05, 3.63) is 48.0 Å². The summed E-state index contributed by atoms with van der Waals surface area (Å²) in [7, 11) is 0. The number of carboxylic acid groups (broad SMARTS) is 1. The lowest BCUT2D eigenvalue weighted by Gasteiger charge is -2.04. The molecule has 0 bridgehead atoms. The fourth-order valence-electron chi connectivity index (χ4n) is 3.12. The van der Waals surface area contributed by atoms with E-state index in [2.05, 4.69) is 46.9 Å². The number of unbranched alkanes of at least 4 members (excludes halogenated alkanes) is 6. The summed E-state index contributed by atoms with van der Waals surface area (Å²) in [5.41, 5.74) is 2.55. The number of nitrogens with zero attached hydrogens (tertiary/aromatic N) is 1. The zero-order valence-electron chi connectivity index (χ0n) is 14.6. The standard InChI is InChI=1S/C20H28N2O2/c1-17-21-16-19(22(17)18-12-9-7-10-13-18)14-8-5-3-2-4-6-11-15-20(23)24/h7,9-10,12-13,16H,2-6,8,11,14-15H2,1H3,(H,23,24)/p+1. The van der Waals surface area contributed by atoms with Crippen molar-refractivity contribution in [3.8, 4) is 5.69 Å². The molecule has 2 N–H and O–H groups in total. The topological polar surface area (TPSA) is 57.0 Å². The van der Waals surface area contributed by atoms with Crippen molar-refractivity contribution in [3.63, 3.8) is 0 Å². The van der Waals surface area contributed by atoms with Crippen molar-refractivity contribution in [1.82, 2.24) is 4.98 Å². The third kappa shape index (κ3) is 5.84. The van der Waals surface area contributed by atoms with Crippen molar-refractivity contribution in [2.75, 3.05) is 0 Å². The van der Waals surface area contributed by atoms with E-state index >= 15 is 0 Å². The van der Waals surface area contributed by atoms with E-state index in [0.29, 0.717) is 6.42 Å². The number of hydrogen-bond acceptors (Lipinski definition) is 1. The number of nitrogens with one attached hydrogen (secondary N) is 1. The molecule has 0 atom stereocenters. The Kier molecular flexibility index (Phi) is 7.53. The van der Waals surface area contributed by atoms with Crippen LogP contribution in [0.4, 0.5) is 0 Å². The lowest BCUT2D eigenvalue weighted by molar-refractivity contribution is -0.609. The van der Waals surface area contributed by atoms with Gasteiger partial charge in [0.05, 0.1) is 0 Å². The molecule has 0 amide bonds. The van der Waals surface area contributed by atoms with Crippen LogP contribution in [0.2, 0.25) is 0 Å². The first-order valence-corrected chi connectivity index (χ1v) is 9.04. The van der Waals surface area contributed by atoms with Crippen LogP contribution in [0.5, 0.6) is 0 Å². The molecule has 4 heteroatoms. The molecule has 0 fully saturated rings. The molecule has 0 unspecified atom stereocenters. The highest BCUT2D eigenvalue weighted by molar-refractivity contribution is 5.66. The molecular weight excluding hydrogens is 300 g/mol. The molecule has 0 radical (unpaired) electrons. The molecule has 0 aliphatic rings. The predicted octanol–water partition coefficient (Wildman–Crippen LogP) is 4.35. The molecule has 0 aliphatic carbocycles. The molecule has 1 aromatic heterocycles. The third-order valence-electron chi connectivity index (χ3n) is 4.41. The molecule has 0 aliphatic heterocycles. The maximum absolute atomic E-state index is 10.4. The number of benzene rings is 1. The monoisotopic (exact) mass is 329 g/mol. The van der Waals surface area contributed by atoms with Crippen LogP contribution < -0.4 is 4.57 Å². The zero-order valence-corrected chi connectivity index (χ0v) is 14.6. The summed E-state index contributed by atoms with van der Waals surface area (Å²) >= 11 is 0. The lowest BCUT2D eigenvalue weighted by atomic mass is 10.1.